The Morgan fingerprint density at radius 2 is 1.89 bits per heavy atom. The summed E-state index contributed by atoms with van der Waals surface area (Å²) in [6.45, 7) is 11.3. The Morgan fingerprint density at radius 1 is 1.28 bits per heavy atom. The van der Waals surface area contributed by atoms with Crippen LogP contribution in [0.2, 0.25) is 0 Å². The molecule has 0 radical (unpaired) electrons. The Balaban J connectivity index is 2.28. The molecule has 1 aliphatic heterocycles. The van der Waals surface area contributed by atoms with E-state index in [4.69, 9.17) is 25.6 Å². The summed E-state index contributed by atoms with van der Waals surface area (Å²) in [5.74, 6) is 0.491. The first kappa shape index (κ1) is 16.5. The van der Waals surface area contributed by atoms with Gasteiger partial charge in [0.25, 0.3) is 0 Å². The van der Waals surface area contributed by atoms with Gasteiger partial charge in [0.15, 0.2) is 6.49 Å². The van der Waals surface area contributed by atoms with Gasteiger partial charge in [-0.05, 0) is 24.6 Å². The van der Waals surface area contributed by atoms with Gasteiger partial charge in [-0.25, -0.2) is 0 Å². The van der Waals surface area contributed by atoms with E-state index in [9.17, 15) is 0 Å². The minimum absolute atomic E-state index is 0.117. The maximum Gasteiger partial charge on any atom is 0.185 e. The molecule has 1 fully saturated rings. The van der Waals surface area contributed by atoms with Crippen LogP contribution in [-0.4, -0.2) is 57.1 Å². The van der Waals surface area contributed by atoms with Crippen molar-refractivity contribution in [3.63, 3.8) is 0 Å². The van der Waals surface area contributed by atoms with E-state index in [-0.39, 0.29) is 6.10 Å². The van der Waals surface area contributed by atoms with Crippen molar-refractivity contribution in [3.05, 3.63) is 0 Å². The summed E-state index contributed by atoms with van der Waals surface area (Å²) in [7, 11) is 0. The Kier molecular flexibility index (Phi) is 7.29. The van der Waals surface area contributed by atoms with Crippen molar-refractivity contribution in [2.24, 2.45) is 5.92 Å². The van der Waals surface area contributed by atoms with Crippen molar-refractivity contribution in [2.45, 2.75) is 26.9 Å². The van der Waals surface area contributed by atoms with Crippen LogP contribution in [0.4, 0.5) is 0 Å². The summed E-state index contributed by atoms with van der Waals surface area (Å²) in [6, 6.07) is 0. The minimum Gasteiger partial charge on any atom is -0.379 e. The van der Waals surface area contributed by atoms with E-state index >= 15 is 0 Å². The first-order valence-electron chi connectivity index (χ1n) is 6.59. The van der Waals surface area contributed by atoms with Gasteiger partial charge in [-0.1, -0.05) is 13.8 Å². The molecule has 0 bridgehead atoms. The Labute approximate surface area is 116 Å². The van der Waals surface area contributed by atoms with Crippen molar-refractivity contribution < 1.29 is 13.8 Å². The van der Waals surface area contributed by atoms with Crippen LogP contribution >= 0.6 is 6.49 Å². The average molecular weight is 295 g/mol. The molecule has 108 valence electrons. The number of morpholine rings is 1. The highest BCUT2D eigenvalue weighted by atomic mass is 32.5. The van der Waals surface area contributed by atoms with Crippen molar-refractivity contribution in [2.75, 3.05) is 46.1 Å². The number of rotatable bonds is 7. The molecule has 0 saturated carbocycles. The standard InChI is InChI=1S/C12H26NO3PS/c1-11(2)10-15-17(4,18)16-12(3)9-13-5-7-14-8-6-13/h11-12H,5-10H2,1-4H3/t12-,17+/m1/s1. The molecule has 0 amide bonds. The molecule has 1 saturated heterocycles. The fourth-order valence-electron chi connectivity index (χ4n) is 1.82. The van der Waals surface area contributed by atoms with Crippen LogP contribution in [-0.2, 0) is 25.6 Å². The number of hydrogen-bond acceptors (Lipinski definition) is 5. The van der Waals surface area contributed by atoms with Crippen LogP contribution < -0.4 is 0 Å². The summed E-state index contributed by atoms with van der Waals surface area (Å²) in [5, 5.41) is 0. The molecule has 0 unspecified atom stereocenters. The molecule has 1 rings (SSSR count). The van der Waals surface area contributed by atoms with E-state index < -0.39 is 6.49 Å². The van der Waals surface area contributed by atoms with Gasteiger partial charge in [-0.2, -0.15) is 0 Å². The molecule has 6 heteroatoms. The number of nitrogens with zero attached hydrogens (tertiary/aromatic N) is 1. The second kappa shape index (κ2) is 7.93. The fraction of sp³-hybridized carbons (Fsp3) is 1.00. The lowest BCUT2D eigenvalue weighted by Gasteiger charge is -2.31. The summed E-state index contributed by atoms with van der Waals surface area (Å²) >= 11 is 5.43. The predicted molar refractivity (Wildman–Crippen MR) is 78.8 cm³/mol. The van der Waals surface area contributed by atoms with E-state index in [1.54, 1.807) is 0 Å². The first-order valence-corrected chi connectivity index (χ1v) is 9.68. The van der Waals surface area contributed by atoms with Crippen molar-refractivity contribution in [3.8, 4) is 0 Å². The van der Waals surface area contributed by atoms with Crippen LogP contribution in [0.25, 0.3) is 0 Å². The van der Waals surface area contributed by atoms with E-state index in [0.29, 0.717) is 12.5 Å². The SMILES string of the molecule is CC(C)CO[P@](C)(=S)O[C@H](C)CN1CCOCC1. The van der Waals surface area contributed by atoms with E-state index in [0.717, 1.165) is 32.8 Å². The van der Waals surface area contributed by atoms with Crippen LogP contribution in [0.5, 0.6) is 0 Å². The monoisotopic (exact) mass is 295 g/mol. The molecular formula is C12H26NO3PS. The number of ether oxygens (including phenoxy) is 1. The molecule has 0 N–H and O–H groups in total. The third-order valence-electron chi connectivity index (χ3n) is 2.63. The maximum absolute atomic E-state index is 5.91. The quantitative estimate of drug-likeness (QED) is 0.673. The average Bonchev–Trinajstić information content (AvgIpc) is 2.27. The van der Waals surface area contributed by atoms with Crippen molar-refractivity contribution in [1.82, 2.24) is 4.90 Å². The topological polar surface area (TPSA) is 30.9 Å². The van der Waals surface area contributed by atoms with Crippen molar-refractivity contribution >= 4 is 18.3 Å². The van der Waals surface area contributed by atoms with Crippen LogP contribution in [0.1, 0.15) is 20.8 Å². The van der Waals surface area contributed by atoms with Gasteiger partial charge in [0, 0.05) is 26.3 Å². The van der Waals surface area contributed by atoms with E-state index in [2.05, 4.69) is 25.7 Å². The van der Waals surface area contributed by atoms with Gasteiger partial charge in [-0.15, -0.1) is 0 Å². The fourth-order valence-corrected chi connectivity index (χ4v) is 3.80. The van der Waals surface area contributed by atoms with Crippen molar-refractivity contribution in [1.29, 1.82) is 0 Å². The highest BCUT2D eigenvalue weighted by Crippen LogP contribution is 2.46. The normalized spacial score (nSPS) is 22.9. The van der Waals surface area contributed by atoms with Gasteiger partial charge in [0.1, 0.15) is 0 Å². The summed E-state index contributed by atoms with van der Waals surface area (Å²) in [6.07, 6.45) is 0.117. The molecule has 0 aromatic carbocycles. The molecule has 4 nitrogen and oxygen atoms in total. The maximum atomic E-state index is 5.91. The van der Waals surface area contributed by atoms with Crippen LogP contribution in [0, 0.1) is 5.92 Å². The second-order valence-electron chi connectivity index (χ2n) is 5.29. The zero-order valence-electron chi connectivity index (χ0n) is 11.9. The first-order chi connectivity index (χ1) is 8.39. The van der Waals surface area contributed by atoms with E-state index in [1.165, 1.54) is 0 Å². The Bertz CT molecular complexity index is 282. The highest BCUT2D eigenvalue weighted by molar-refractivity contribution is 8.09. The van der Waals surface area contributed by atoms with Gasteiger partial charge in [0.2, 0.25) is 0 Å². The Morgan fingerprint density at radius 3 is 2.44 bits per heavy atom. The van der Waals surface area contributed by atoms with Crippen LogP contribution in [0.15, 0.2) is 0 Å². The molecule has 0 aromatic heterocycles. The smallest absolute Gasteiger partial charge is 0.185 e. The zero-order chi connectivity index (χ0) is 13.6. The van der Waals surface area contributed by atoms with Crippen LogP contribution in [0.3, 0.4) is 0 Å². The van der Waals surface area contributed by atoms with Gasteiger partial charge < -0.3 is 13.8 Å². The number of hydrogen-bond donors (Lipinski definition) is 0. The Hall–Kier alpha value is 0.490. The lowest BCUT2D eigenvalue weighted by molar-refractivity contribution is 0.0213. The summed E-state index contributed by atoms with van der Waals surface area (Å²) in [5.41, 5.74) is 0. The van der Waals surface area contributed by atoms with E-state index in [1.807, 2.05) is 6.66 Å². The van der Waals surface area contributed by atoms with Gasteiger partial charge in [0.05, 0.1) is 25.9 Å². The minimum atomic E-state index is -2.09. The highest BCUT2D eigenvalue weighted by Gasteiger charge is 2.20. The summed E-state index contributed by atoms with van der Waals surface area (Å²) < 4.78 is 16.9. The molecule has 1 heterocycles. The molecule has 2 atom stereocenters. The zero-order valence-corrected chi connectivity index (χ0v) is 13.6. The second-order valence-corrected chi connectivity index (χ2v) is 9.29. The molecule has 18 heavy (non-hydrogen) atoms. The molecule has 0 aromatic rings. The third-order valence-corrected chi connectivity index (χ3v) is 4.57. The van der Waals surface area contributed by atoms with Gasteiger partial charge in [-0.3, -0.25) is 4.90 Å². The summed E-state index contributed by atoms with van der Waals surface area (Å²) in [4.78, 5) is 2.35. The largest absolute Gasteiger partial charge is 0.379 e. The lowest BCUT2D eigenvalue weighted by Crippen LogP contribution is -2.40. The third kappa shape index (κ3) is 7.17. The molecule has 1 aliphatic rings. The molecule has 0 aliphatic carbocycles. The lowest BCUT2D eigenvalue weighted by atomic mass is 10.2. The molecular weight excluding hydrogens is 269 g/mol. The predicted octanol–water partition coefficient (Wildman–Crippen LogP) is 2.34. The molecule has 0 spiro atoms. The van der Waals surface area contributed by atoms with Gasteiger partial charge >= 0.3 is 0 Å².